The number of rotatable bonds is 3. The van der Waals surface area contributed by atoms with E-state index in [0.29, 0.717) is 24.8 Å². The van der Waals surface area contributed by atoms with Gasteiger partial charge in [0.25, 0.3) is 0 Å². The van der Waals surface area contributed by atoms with Crippen LogP contribution in [0, 0.1) is 0 Å². The van der Waals surface area contributed by atoms with E-state index in [0.717, 1.165) is 0 Å². The Kier molecular flexibility index (Phi) is 4.66. The molecule has 0 bridgehead atoms. The minimum atomic E-state index is -0.583. The van der Waals surface area contributed by atoms with Crippen LogP contribution in [-0.4, -0.2) is 45.1 Å². The molecule has 2 aliphatic rings. The van der Waals surface area contributed by atoms with Gasteiger partial charge in [-0.3, -0.25) is 9.59 Å². The van der Waals surface area contributed by atoms with Crippen molar-refractivity contribution in [2.24, 2.45) is 5.73 Å². The van der Waals surface area contributed by atoms with Gasteiger partial charge < -0.3 is 25.8 Å². The highest BCUT2D eigenvalue weighted by molar-refractivity contribution is 6.30. The van der Waals surface area contributed by atoms with Gasteiger partial charge in [0.1, 0.15) is 11.5 Å². The SMILES string of the molecule is NC1C[C@H](OCc2cc(O)c3c(c2)C(=O)c2cccc(O)c2C3=O)CCC1O. The Labute approximate surface area is 161 Å². The first-order valence-electron chi connectivity index (χ1n) is 9.19. The summed E-state index contributed by atoms with van der Waals surface area (Å²) < 4.78 is 5.85. The van der Waals surface area contributed by atoms with Crippen molar-refractivity contribution in [3.63, 3.8) is 0 Å². The normalized spacial score (nSPS) is 24.0. The molecule has 2 aliphatic carbocycles. The van der Waals surface area contributed by atoms with E-state index in [1.807, 2.05) is 0 Å². The monoisotopic (exact) mass is 383 g/mol. The fourth-order valence-corrected chi connectivity index (χ4v) is 3.94. The summed E-state index contributed by atoms with van der Waals surface area (Å²) in [5.41, 5.74) is 6.44. The van der Waals surface area contributed by atoms with Crippen LogP contribution in [0.4, 0.5) is 0 Å². The second-order valence-corrected chi connectivity index (χ2v) is 7.37. The molecule has 2 aromatic rings. The number of aliphatic hydroxyl groups excluding tert-OH is 1. The highest BCUT2D eigenvalue weighted by atomic mass is 16.5. The Balaban J connectivity index is 1.60. The van der Waals surface area contributed by atoms with E-state index in [1.165, 1.54) is 24.3 Å². The minimum absolute atomic E-state index is 0.0888. The third-order valence-electron chi connectivity index (χ3n) is 5.46. The van der Waals surface area contributed by atoms with Crippen LogP contribution in [0.15, 0.2) is 30.3 Å². The van der Waals surface area contributed by atoms with Crippen LogP contribution >= 0.6 is 0 Å². The third-order valence-corrected chi connectivity index (χ3v) is 5.46. The number of aromatic hydroxyl groups is 2. The van der Waals surface area contributed by atoms with Crippen LogP contribution in [0.1, 0.15) is 56.7 Å². The topological polar surface area (TPSA) is 130 Å². The zero-order valence-corrected chi connectivity index (χ0v) is 15.1. The number of ketones is 2. The molecule has 7 heteroatoms. The largest absolute Gasteiger partial charge is 0.507 e. The molecule has 0 saturated heterocycles. The first-order valence-corrected chi connectivity index (χ1v) is 9.19. The minimum Gasteiger partial charge on any atom is -0.507 e. The summed E-state index contributed by atoms with van der Waals surface area (Å²) in [6, 6.07) is 6.91. The van der Waals surface area contributed by atoms with Gasteiger partial charge in [0.05, 0.1) is 29.9 Å². The van der Waals surface area contributed by atoms with Gasteiger partial charge in [0, 0.05) is 17.2 Å². The van der Waals surface area contributed by atoms with E-state index in [2.05, 4.69) is 0 Å². The molecule has 0 amide bonds. The second-order valence-electron chi connectivity index (χ2n) is 7.37. The molecule has 3 atom stereocenters. The molecule has 2 unspecified atom stereocenters. The molecule has 5 N–H and O–H groups in total. The van der Waals surface area contributed by atoms with Gasteiger partial charge >= 0.3 is 0 Å². The first kappa shape index (κ1) is 18.6. The Bertz CT molecular complexity index is 970. The molecular formula is C21H21NO6. The molecule has 7 nitrogen and oxygen atoms in total. The van der Waals surface area contributed by atoms with Crippen molar-refractivity contribution in [2.75, 3.05) is 0 Å². The smallest absolute Gasteiger partial charge is 0.201 e. The lowest BCUT2D eigenvalue weighted by molar-refractivity contribution is -0.0209. The lowest BCUT2D eigenvalue weighted by Crippen LogP contribution is -2.42. The van der Waals surface area contributed by atoms with E-state index in [1.54, 1.807) is 6.07 Å². The lowest BCUT2D eigenvalue weighted by atomic mass is 9.82. The van der Waals surface area contributed by atoms with E-state index < -0.39 is 17.7 Å². The molecule has 28 heavy (non-hydrogen) atoms. The van der Waals surface area contributed by atoms with Crippen molar-refractivity contribution in [3.8, 4) is 11.5 Å². The molecule has 4 rings (SSSR count). The summed E-state index contributed by atoms with van der Waals surface area (Å²) in [4.78, 5) is 25.6. The number of hydrogen-bond acceptors (Lipinski definition) is 7. The molecule has 0 aliphatic heterocycles. The van der Waals surface area contributed by atoms with Gasteiger partial charge in [-0.2, -0.15) is 0 Å². The average Bonchev–Trinajstić information content (AvgIpc) is 2.66. The van der Waals surface area contributed by atoms with Gasteiger partial charge in [-0.25, -0.2) is 0 Å². The van der Waals surface area contributed by atoms with E-state index in [4.69, 9.17) is 10.5 Å². The zero-order chi connectivity index (χ0) is 20.0. The third kappa shape index (κ3) is 3.07. The number of carbonyl (C=O) groups is 2. The molecule has 1 fully saturated rings. The average molecular weight is 383 g/mol. The van der Waals surface area contributed by atoms with Crippen molar-refractivity contribution in [2.45, 2.75) is 44.1 Å². The number of ether oxygens (including phenoxy) is 1. The summed E-state index contributed by atoms with van der Waals surface area (Å²) in [7, 11) is 0. The molecule has 0 radical (unpaired) electrons. The first-order chi connectivity index (χ1) is 13.4. The lowest BCUT2D eigenvalue weighted by Gasteiger charge is -2.30. The van der Waals surface area contributed by atoms with Gasteiger partial charge in [0.15, 0.2) is 5.78 Å². The summed E-state index contributed by atoms with van der Waals surface area (Å²) in [5.74, 6) is -1.62. The number of aliphatic hydroxyl groups is 1. The van der Waals surface area contributed by atoms with E-state index in [9.17, 15) is 24.9 Å². The molecule has 0 spiro atoms. The molecule has 1 saturated carbocycles. The summed E-state index contributed by atoms with van der Waals surface area (Å²) >= 11 is 0. The number of phenols is 2. The molecule has 0 heterocycles. The van der Waals surface area contributed by atoms with Crippen molar-refractivity contribution < 1.29 is 29.6 Å². The Morgan fingerprint density at radius 1 is 1.00 bits per heavy atom. The van der Waals surface area contributed by atoms with Crippen LogP contribution in [-0.2, 0) is 11.3 Å². The highest BCUT2D eigenvalue weighted by Crippen LogP contribution is 2.37. The second kappa shape index (κ2) is 7.01. The number of nitrogens with two attached hydrogens (primary N) is 1. The maximum absolute atomic E-state index is 12.8. The fourth-order valence-electron chi connectivity index (χ4n) is 3.94. The van der Waals surface area contributed by atoms with Crippen molar-refractivity contribution in [3.05, 3.63) is 58.1 Å². The Hall–Kier alpha value is -2.74. The van der Waals surface area contributed by atoms with Crippen LogP contribution in [0.2, 0.25) is 0 Å². The zero-order valence-electron chi connectivity index (χ0n) is 15.1. The number of hydrogen-bond donors (Lipinski definition) is 4. The summed E-state index contributed by atoms with van der Waals surface area (Å²) in [6.07, 6.45) is 1.13. The van der Waals surface area contributed by atoms with Crippen LogP contribution in [0.5, 0.6) is 11.5 Å². The molecule has 2 aromatic carbocycles. The standard InChI is InChI=1S/C21H21NO6/c22-14-8-11(4-5-15(14)23)28-9-10-6-13-19(17(25)7-10)21(27)18-12(20(13)26)2-1-3-16(18)24/h1-3,6-7,11,14-15,23-25H,4-5,8-9,22H2/t11-,14?,15?/m1/s1. The maximum atomic E-state index is 12.8. The van der Waals surface area contributed by atoms with E-state index >= 15 is 0 Å². The summed E-state index contributed by atoms with van der Waals surface area (Å²) in [6.45, 7) is 0.142. The molecule has 0 aromatic heterocycles. The predicted octanol–water partition coefficient (Wildman–Crippen LogP) is 1.63. The quantitative estimate of drug-likeness (QED) is 0.541. The van der Waals surface area contributed by atoms with Gasteiger partial charge in [-0.05, 0) is 43.0 Å². The number of benzene rings is 2. The molecular weight excluding hydrogens is 362 g/mol. The van der Waals surface area contributed by atoms with Crippen molar-refractivity contribution in [1.82, 2.24) is 0 Å². The van der Waals surface area contributed by atoms with Crippen LogP contribution in [0.3, 0.4) is 0 Å². The van der Waals surface area contributed by atoms with Gasteiger partial charge in [-0.1, -0.05) is 12.1 Å². The van der Waals surface area contributed by atoms with Crippen LogP contribution < -0.4 is 5.73 Å². The van der Waals surface area contributed by atoms with E-state index in [-0.39, 0.29) is 52.5 Å². The predicted molar refractivity (Wildman–Crippen MR) is 99.5 cm³/mol. The number of phenolic OH excluding ortho intramolecular Hbond substituents is 2. The van der Waals surface area contributed by atoms with Crippen molar-refractivity contribution in [1.29, 1.82) is 0 Å². The Morgan fingerprint density at radius 2 is 1.75 bits per heavy atom. The summed E-state index contributed by atoms with van der Waals surface area (Å²) in [5, 5.41) is 30.1. The Morgan fingerprint density at radius 3 is 2.50 bits per heavy atom. The van der Waals surface area contributed by atoms with Crippen LogP contribution in [0.25, 0.3) is 0 Å². The van der Waals surface area contributed by atoms with Crippen molar-refractivity contribution >= 4 is 11.6 Å². The molecule has 146 valence electrons. The van der Waals surface area contributed by atoms with Gasteiger partial charge in [-0.15, -0.1) is 0 Å². The maximum Gasteiger partial charge on any atom is 0.201 e. The number of carbonyl (C=O) groups excluding carboxylic acids is 2. The highest BCUT2D eigenvalue weighted by Gasteiger charge is 2.34. The van der Waals surface area contributed by atoms with Gasteiger partial charge in [0.2, 0.25) is 5.78 Å². The fraction of sp³-hybridized carbons (Fsp3) is 0.333. The number of fused-ring (bicyclic) bond motifs is 2.